The van der Waals surface area contributed by atoms with Crippen LogP contribution in [0.4, 0.5) is 0 Å². The number of carbonyl (C=O) groups excluding carboxylic acids is 2. The van der Waals surface area contributed by atoms with Crippen molar-refractivity contribution in [2.24, 2.45) is 0 Å². The summed E-state index contributed by atoms with van der Waals surface area (Å²) in [6.45, 7) is 3.00. The predicted molar refractivity (Wildman–Crippen MR) is 92.9 cm³/mol. The maximum atomic E-state index is 11.5. The third kappa shape index (κ3) is 13.7. The van der Waals surface area contributed by atoms with Crippen LogP contribution in [0.3, 0.4) is 0 Å². The summed E-state index contributed by atoms with van der Waals surface area (Å²) in [5.74, 6) is -0.450. The molecule has 0 heterocycles. The number of rotatable bonds is 13. The van der Waals surface area contributed by atoms with Gasteiger partial charge in [-0.3, -0.25) is 9.59 Å². The number of hydrogen-bond acceptors (Lipinski definition) is 3. The molecule has 0 aliphatic heterocycles. The molecular weight excluding hydrogens is 347 g/mol. The van der Waals surface area contributed by atoms with E-state index in [0.717, 1.165) is 51.4 Å². The first-order valence-corrected chi connectivity index (χ1v) is 9.26. The van der Waals surface area contributed by atoms with E-state index in [4.69, 9.17) is 39.5 Å². The van der Waals surface area contributed by atoms with Gasteiger partial charge in [-0.25, -0.2) is 0 Å². The van der Waals surface area contributed by atoms with Gasteiger partial charge in [-0.15, -0.1) is 34.8 Å². The molecule has 0 bridgehead atoms. The van der Waals surface area contributed by atoms with Crippen molar-refractivity contribution in [1.29, 1.82) is 0 Å². The molecule has 0 saturated carbocycles. The molecule has 3 nitrogen and oxygen atoms in total. The predicted octanol–water partition coefficient (Wildman–Crippen LogP) is 5.43. The highest BCUT2D eigenvalue weighted by atomic mass is 35.5. The smallest absolute Gasteiger partial charge is 0.306 e. The Morgan fingerprint density at radius 3 is 2.00 bits per heavy atom. The molecule has 6 heteroatoms. The summed E-state index contributed by atoms with van der Waals surface area (Å²) in [5, 5.41) is 0.148. The lowest BCUT2D eigenvalue weighted by molar-refractivity contribution is -0.153. The van der Waals surface area contributed by atoms with E-state index in [1.54, 1.807) is 6.92 Å². The summed E-state index contributed by atoms with van der Waals surface area (Å²) in [5.41, 5.74) is 0. The van der Waals surface area contributed by atoms with Gasteiger partial charge in [0.05, 0.1) is 0 Å². The Balaban J connectivity index is 3.50. The Morgan fingerprint density at radius 1 is 0.909 bits per heavy atom. The molecule has 22 heavy (non-hydrogen) atoms. The van der Waals surface area contributed by atoms with Crippen molar-refractivity contribution in [2.45, 2.75) is 88.0 Å². The minimum atomic E-state index is -0.645. The molecule has 0 radical (unpaired) electrons. The molecule has 0 aromatic carbocycles. The number of Topliss-reactive ketones (excluding diaryl/α,β-unsaturated/α-hetero) is 1. The second-order valence-electron chi connectivity index (χ2n) is 5.61. The van der Waals surface area contributed by atoms with Crippen molar-refractivity contribution in [2.75, 3.05) is 0 Å². The monoisotopic (exact) mass is 372 g/mol. The largest absolute Gasteiger partial charge is 0.455 e. The van der Waals surface area contributed by atoms with E-state index in [0.29, 0.717) is 6.42 Å². The standard InChI is InChI=1S/C16H27Cl3O3/c1-12(20)13(2)22-16(21)11-7-6-9-14(17)8-4-3-5-10-15(18)19/h13-15H,3-11H2,1-2H3. The SMILES string of the molecule is CC(=O)C(C)OC(=O)CCCCC(Cl)CCCCCC(Cl)Cl. The van der Waals surface area contributed by atoms with Gasteiger partial charge in [-0.2, -0.15) is 0 Å². The molecule has 0 aromatic rings. The summed E-state index contributed by atoms with van der Waals surface area (Å²) in [6, 6.07) is 0. The zero-order chi connectivity index (χ0) is 17.0. The summed E-state index contributed by atoms with van der Waals surface area (Å²) in [4.78, 5) is 22.2. The summed E-state index contributed by atoms with van der Waals surface area (Å²) in [6.07, 6.45) is 7.23. The van der Waals surface area contributed by atoms with Gasteiger partial charge in [0.25, 0.3) is 0 Å². The number of halogens is 3. The number of alkyl halides is 3. The number of esters is 1. The van der Waals surface area contributed by atoms with E-state index in [1.807, 2.05) is 0 Å². The van der Waals surface area contributed by atoms with Crippen molar-refractivity contribution in [3.05, 3.63) is 0 Å². The third-order valence-electron chi connectivity index (χ3n) is 3.47. The second-order valence-corrected chi connectivity index (χ2v) is 7.51. The Hall–Kier alpha value is 0.01000. The van der Waals surface area contributed by atoms with E-state index in [-0.39, 0.29) is 22.0 Å². The van der Waals surface area contributed by atoms with Gasteiger partial charge >= 0.3 is 5.97 Å². The molecule has 2 atom stereocenters. The van der Waals surface area contributed by atoms with Crippen molar-refractivity contribution in [3.63, 3.8) is 0 Å². The van der Waals surface area contributed by atoms with Crippen LogP contribution in [0.15, 0.2) is 0 Å². The second kappa shape index (κ2) is 13.4. The Labute approximate surface area is 149 Å². The lowest BCUT2D eigenvalue weighted by Gasteiger charge is -2.11. The first kappa shape index (κ1) is 22.0. The van der Waals surface area contributed by atoms with Gasteiger partial charge in [0.1, 0.15) is 4.84 Å². The van der Waals surface area contributed by atoms with Crippen LogP contribution in [-0.4, -0.2) is 28.1 Å². The average molecular weight is 374 g/mol. The highest BCUT2D eigenvalue weighted by Crippen LogP contribution is 2.18. The normalized spacial score (nSPS) is 13.9. The molecule has 0 aromatic heterocycles. The van der Waals surface area contributed by atoms with Gasteiger partial charge in [-0.05, 0) is 39.5 Å². The molecule has 0 saturated heterocycles. The van der Waals surface area contributed by atoms with E-state index < -0.39 is 6.10 Å². The van der Waals surface area contributed by atoms with Crippen LogP contribution in [0.1, 0.15) is 71.6 Å². The molecule has 0 aliphatic rings. The summed E-state index contributed by atoms with van der Waals surface area (Å²) < 4.78 is 4.99. The van der Waals surface area contributed by atoms with Crippen LogP contribution in [-0.2, 0) is 14.3 Å². The number of ketones is 1. The number of hydrogen-bond donors (Lipinski definition) is 0. The summed E-state index contributed by atoms with van der Waals surface area (Å²) >= 11 is 17.6. The van der Waals surface area contributed by atoms with Gasteiger partial charge in [0.2, 0.25) is 0 Å². The first-order chi connectivity index (χ1) is 10.3. The quantitative estimate of drug-likeness (QED) is 0.245. The third-order valence-corrected chi connectivity index (χ3v) is 4.34. The Kier molecular flexibility index (Phi) is 13.5. The van der Waals surface area contributed by atoms with Crippen molar-refractivity contribution in [1.82, 2.24) is 0 Å². The van der Waals surface area contributed by atoms with Crippen LogP contribution in [0.5, 0.6) is 0 Å². The van der Waals surface area contributed by atoms with E-state index in [9.17, 15) is 9.59 Å². The highest BCUT2D eigenvalue weighted by Gasteiger charge is 2.13. The van der Waals surface area contributed by atoms with Crippen LogP contribution in [0, 0.1) is 0 Å². The average Bonchev–Trinajstić information content (AvgIpc) is 2.42. The molecule has 0 fully saturated rings. The van der Waals surface area contributed by atoms with E-state index >= 15 is 0 Å². The van der Waals surface area contributed by atoms with E-state index in [1.165, 1.54) is 6.92 Å². The first-order valence-electron chi connectivity index (χ1n) is 7.95. The Bertz CT molecular complexity index is 322. The zero-order valence-electron chi connectivity index (χ0n) is 13.5. The molecule has 130 valence electrons. The van der Waals surface area contributed by atoms with Gasteiger partial charge < -0.3 is 4.74 Å². The van der Waals surface area contributed by atoms with Gasteiger partial charge in [-0.1, -0.05) is 25.7 Å². The fourth-order valence-electron chi connectivity index (χ4n) is 1.96. The zero-order valence-corrected chi connectivity index (χ0v) is 15.7. The van der Waals surface area contributed by atoms with Crippen LogP contribution < -0.4 is 0 Å². The molecule has 2 unspecified atom stereocenters. The lowest BCUT2D eigenvalue weighted by atomic mass is 10.1. The lowest BCUT2D eigenvalue weighted by Crippen LogP contribution is -2.21. The highest BCUT2D eigenvalue weighted by molar-refractivity contribution is 6.44. The van der Waals surface area contributed by atoms with Crippen LogP contribution in [0.2, 0.25) is 0 Å². The molecule has 0 N–H and O–H groups in total. The minimum absolute atomic E-state index is 0.135. The molecule has 0 spiro atoms. The Morgan fingerprint density at radius 2 is 1.45 bits per heavy atom. The van der Waals surface area contributed by atoms with E-state index in [2.05, 4.69) is 0 Å². The molecule has 0 amide bonds. The fourth-order valence-corrected chi connectivity index (χ4v) is 2.58. The number of ether oxygens (including phenoxy) is 1. The van der Waals surface area contributed by atoms with Crippen LogP contribution in [0.25, 0.3) is 0 Å². The fraction of sp³-hybridized carbons (Fsp3) is 0.875. The minimum Gasteiger partial charge on any atom is -0.455 e. The maximum Gasteiger partial charge on any atom is 0.306 e. The topological polar surface area (TPSA) is 43.4 Å². The van der Waals surface area contributed by atoms with Crippen LogP contribution >= 0.6 is 34.8 Å². The maximum absolute atomic E-state index is 11.5. The summed E-state index contributed by atoms with van der Waals surface area (Å²) in [7, 11) is 0. The molecule has 0 rings (SSSR count). The number of carbonyl (C=O) groups is 2. The number of unbranched alkanes of at least 4 members (excludes halogenated alkanes) is 3. The van der Waals surface area contributed by atoms with Gasteiger partial charge in [0, 0.05) is 11.8 Å². The molecule has 0 aliphatic carbocycles. The van der Waals surface area contributed by atoms with Crippen molar-refractivity contribution in [3.8, 4) is 0 Å². The van der Waals surface area contributed by atoms with Crippen molar-refractivity contribution < 1.29 is 14.3 Å². The van der Waals surface area contributed by atoms with Crippen molar-refractivity contribution >= 4 is 46.6 Å². The molecular formula is C16H27Cl3O3. The van der Waals surface area contributed by atoms with Gasteiger partial charge in [0.15, 0.2) is 11.9 Å².